The number of rotatable bonds is 4. The van der Waals surface area contributed by atoms with Gasteiger partial charge in [0.05, 0.1) is 17.3 Å². The van der Waals surface area contributed by atoms with Crippen molar-refractivity contribution in [1.82, 2.24) is 20.1 Å². The van der Waals surface area contributed by atoms with Crippen molar-refractivity contribution < 1.29 is 9.53 Å². The van der Waals surface area contributed by atoms with Crippen molar-refractivity contribution in [1.29, 1.82) is 0 Å². The normalized spacial score (nSPS) is 15.4. The molecule has 1 amide bonds. The summed E-state index contributed by atoms with van der Waals surface area (Å²) in [4.78, 5) is 19.3. The lowest BCUT2D eigenvalue weighted by molar-refractivity contribution is 0.0925. The molecule has 1 saturated heterocycles. The number of anilines is 1. The van der Waals surface area contributed by atoms with Crippen LogP contribution in [0.5, 0.6) is 5.75 Å². The number of hydrogen-bond donors (Lipinski definition) is 1. The molecular weight excluding hydrogens is 350 g/mol. The van der Waals surface area contributed by atoms with E-state index in [2.05, 4.69) is 15.3 Å². The maximum absolute atomic E-state index is 12.2. The largest absolute Gasteiger partial charge is 0.497 e. The number of nitrogens with one attached hydrogen (secondary N) is 1. The Morgan fingerprint density at radius 1 is 1.31 bits per heavy atom. The van der Waals surface area contributed by atoms with Crippen molar-refractivity contribution in [2.45, 2.75) is 18.9 Å². The van der Waals surface area contributed by atoms with E-state index in [1.165, 1.54) is 0 Å². The second kappa shape index (κ2) is 6.95. The minimum atomic E-state index is -0.101. The number of thiazole rings is 1. The molecule has 1 fully saturated rings. The number of ether oxygens (including phenoxy) is 1. The Hall–Kier alpha value is -2.61. The van der Waals surface area contributed by atoms with Crippen LogP contribution in [0.25, 0.3) is 10.2 Å². The number of aromatic nitrogens is 3. The number of benzene rings is 1. The Bertz CT molecular complexity index is 927. The molecule has 1 aliphatic heterocycles. The third-order valence-electron chi connectivity index (χ3n) is 4.63. The van der Waals surface area contributed by atoms with E-state index in [0.29, 0.717) is 5.69 Å². The second-order valence-electron chi connectivity index (χ2n) is 6.44. The number of amides is 1. The van der Waals surface area contributed by atoms with Crippen molar-refractivity contribution in [3.63, 3.8) is 0 Å². The lowest BCUT2D eigenvalue weighted by Crippen LogP contribution is -2.44. The van der Waals surface area contributed by atoms with Gasteiger partial charge in [-0.15, -0.1) is 0 Å². The van der Waals surface area contributed by atoms with Gasteiger partial charge in [-0.1, -0.05) is 11.3 Å². The van der Waals surface area contributed by atoms with Gasteiger partial charge in [0, 0.05) is 32.4 Å². The van der Waals surface area contributed by atoms with Crippen LogP contribution >= 0.6 is 11.3 Å². The molecule has 7 nitrogen and oxygen atoms in total. The molecule has 136 valence electrons. The van der Waals surface area contributed by atoms with Crippen molar-refractivity contribution in [3.05, 3.63) is 36.2 Å². The highest BCUT2D eigenvalue weighted by molar-refractivity contribution is 7.22. The van der Waals surface area contributed by atoms with Gasteiger partial charge in [-0.05, 0) is 37.1 Å². The number of nitrogens with zero attached hydrogens (tertiary/aromatic N) is 4. The highest BCUT2D eigenvalue weighted by Crippen LogP contribution is 2.32. The summed E-state index contributed by atoms with van der Waals surface area (Å²) >= 11 is 1.68. The summed E-state index contributed by atoms with van der Waals surface area (Å²) in [5, 5.41) is 8.27. The summed E-state index contributed by atoms with van der Waals surface area (Å²) in [5.41, 5.74) is 1.46. The van der Waals surface area contributed by atoms with Gasteiger partial charge in [0.2, 0.25) is 0 Å². The smallest absolute Gasteiger partial charge is 0.271 e. The maximum Gasteiger partial charge on any atom is 0.271 e. The van der Waals surface area contributed by atoms with Gasteiger partial charge in [-0.2, -0.15) is 5.10 Å². The van der Waals surface area contributed by atoms with Crippen LogP contribution in [0.15, 0.2) is 30.5 Å². The van der Waals surface area contributed by atoms with Crippen LogP contribution in [-0.4, -0.2) is 46.9 Å². The van der Waals surface area contributed by atoms with Gasteiger partial charge in [0.25, 0.3) is 5.91 Å². The van der Waals surface area contributed by atoms with Crippen molar-refractivity contribution >= 4 is 32.6 Å². The zero-order valence-electron chi connectivity index (χ0n) is 14.8. The number of piperidine rings is 1. The number of methoxy groups -OCH3 is 1. The Balaban J connectivity index is 1.38. The number of hydrogen-bond acceptors (Lipinski definition) is 6. The van der Waals surface area contributed by atoms with Crippen molar-refractivity contribution in [2.75, 3.05) is 25.1 Å². The van der Waals surface area contributed by atoms with Crippen LogP contribution in [-0.2, 0) is 7.05 Å². The fourth-order valence-corrected chi connectivity index (χ4v) is 4.21. The summed E-state index contributed by atoms with van der Waals surface area (Å²) in [6.07, 6.45) is 3.58. The molecule has 1 aromatic carbocycles. The first-order valence-corrected chi connectivity index (χ1v) is 9.44. The molecule has 0 bridgehead atoms. The van der Waals surface area contributed by atoms with E-state index in [-0.39, 0.29) is 11.9 Å². The molecule has 3 heterocycles. The van der Waals surface area contributed by atoms with Gasteiger partial charge in [-0.3, -0.25) is 9.48 Å². The van der Waals surface area contributed by atoms with Crippen LogP contribution in [0.2, 0.25) is 0 Å². The van der Waals surface area contributed by atoms with E-state index in [0.717, 1.165) is 47.0 Å². The minimum Gasteiger partial charge on any atom is -0.497 e. The van der Waals surface area contributed by atoms with Crippen molar-refractivity contribution in [2.24, 2.45) is 7.05 Å². The predicted molar refractivity (Wildman–Crippen MR) is 102 cm³/mol. The van der Waals surface area contributed by atoms with Gasteiger partial charge in [0.1, 0.15) is 11.4 Å². The molecule has 4 rings (SSSR count). The summed E-state index contributed by atoms with van der Waals surface area (Å²) in [7, 11) is 3.48. The first-order valence-electron chi connectivity index (χ1n) is 8.62. The van der Waals surface area contributed by atoms with Crippen molar-refractivity contribution in [3.8, 4) is 5.75 Å². The zero-order chi connectivity index (χ0) is 18.1. The van der Waals surface area contributed by atoms with Gasteiger partial charge >= 0.3 is 0 Å². The highest BCUT2D eigenvalue weighted by Gasteiger charge is 2.23. The third kappa shape index (κ3) is 3.37. The molecule has 1 N–H and O–H groups in total. The van der Waals surface area contributed by atoms with Crippen LogP contribution in [0, 0.1) is 0 Å². The first-order chi connectivity index (χ1) is 12.6. The fourth-order valence-electron chi connectivity index (χ4n) is 3.17. The molecule has 0 radical (unpaired) electrons. The molecule has 26 heavy (non-hydrogen) atoms. The lowest BCUT2D eigenvalue weighted by atomic mass is 10.1. The molecule has 0 saturated carbocycles. The van der Waals surface area contributed by atoms with E-state index >= 15 is 0 Å². The monoisotopic (exact) mass is 371 g/mol. The van der Waals surface area contributed by atoms with Gasteiger partial charge < -0.3 is 15.0 Å². The van der Waals surface area contributed by atoms with Gasteiger partial charge in [0.15, 0.2) is 5.13 Å². The fraction of sp³-hybridized carbons (Fsp3) is 0.389. The Morgan fingerprint density at radius 2 is 2.12 bits per heavy atom. The summed E-state index contributed by atoms with van der Waals surface area (Å²) in [6.45, 7) is 1.76. The molecule has 0 unspecified atom stereocenters. The van der Waals surface area contributed by atoms with Crippen LogP contribution in [0.3, 0.4) is 0 Å². The highest BCUT2D eigenvalue weighted by atomic mass is 32.1. The second-order valence-corrected chi connectivity index (χ2v) is 7.45. The minimum absolute atomic E-state index is 0.101. The summed E-state index contributed by atoms with van der Waals surface area (Å²) in [6, 6.07) is 7.87. The number of carbonyl (C=O) groups is 1. The van der Waals surface area contributed by atoms with Crippen LogP contribution < -0.4 is 15.0 Å². The zero-order valence-corrected chi connectivity index (χ0v) is 15.6. The summed E-state index contributed by atoms with van der Waals surface area (Å²) in [5.74, 6) is 0.750. The first kappa shape index (κ1) is 16.8. The molecule has 1 aliphatic rings. The SMILES string of the molecule is COc1ccc2nc(N3CCC(NC(=O)c4ccn(C)n4)CC3)sc2c1. The quantitative estimate of drug-likeness (QED) is 0.763. The molecule has 8 heteroatoms. The van der Waals surface area contributed by atoms with E-state index < -0.39 is 0 Å². The lowest BCUT2D eigenvalue weighted by Gasteiger charge is -2.31. The molecule has 2 aromatic heterocycles. The maximum atomic E-state index is 12.2. The van der Waals surface area contributed by atoms with E-state index in [1.54, 1.807) is 35.4 Å². The third-order valence-corrected chi connectivity index (χ3v) is 5.71. The standard InChI is InChI=1S/C18H21N5O2S/c1-22-8-7-15(21-22)17(24)19-12-5-9-23(10-6-12)18-20-14-4-3-13(25-2)11-16(14)26-18/h3-4,7-8,11-12H,5-6,9-10H2,1-2H3,(H,19,24). The average Bonchev–Trinajstić information content (AvgIpc) is 3.27. The number of carbonyl (C=O) groups excluding carboxylic acids is 1. The average molecular weight is 371 g/mol. The predicted octanol–water partition coefficient (Wildman–Crippen LogP) is 2.44. The Morgan fingerprint density at radius 3 is 2.81 bits per heavy atom. The topological polar surface area (TPSA) is 72.3 Å². The van der Waals surface area contributed by atoms with E-state index in [9.17, 15) is 4.79 Å². The molecular formula is C18H21N5O2S. The van der Waals surface area contributed by atoms with E-state index in [1.807, 2.05) is 25.2 Å². The molecule has 0 aliphatic carbocycles. The number of fused-ring (bicyclic) bond motifs is 1. The Kier molecular flexibility index (Phi) is 4.50. The molecule has 3 aromatic rings. The molecule has 0 atom stereocenters. The number of aryl methyl sites for hydroxylation is 1. The van der Waals surface area contributed by atoms with Crippen LogP contribution in [0.1, 0.15) is 23.3 Å². The Labute approximate surface area is 155 Å². The van der Waals surface area contributed by atoms with E-state index in [4.69, 9.17) is 9.72 Å². The molecule has 0 spiro atoms. The van der Waals surface area contributed by atoms with Crippen LogP contribution in [0.4, 0.5) is 5.13 Å². The summed E-state index contributed by atoms with van der Waals surface area (Å²) < 4.78 is 8.05. The van der Waals surface area contributed by atoms with Gasteiger partial charge in [-0.25, -0.2) is 4.98 Å².